The first-order chi connectivity index (χ1) is 12.0. The Morgan fingerprint density at radius 3 is 2.56 bits per heavy atom. The van der Waals surface area contributed by atoms with Crippen molar-refractivity contribution in [2.24, 2.45) is 5.92 Å². The van der Waals surface area contributed by atoms with Crippen LogP contribution < -0.4 is 4.72 Å². The minimum Gasteiger partial charge on any atom is -0.453 e. The number of nitrogens with zero attached hydrogens (tertiary/aromatic N) is 1. The lowest BCUT2D eigenvalue weighted by atomic mass is 9.97. The summed E-state index contributed by atoms with van der Waals surface area (Å²) in [5.74, 6) is 0.214. The van der Waals surface area contributed by atoms with E-state index in [9.17, 15) is 13.2 Å². The van der Waals surface area contributed by atoms with Crippen molar-refractivity contribution in [2.45, 2.75) is 17.7 Å². The summed E-state index contributed by atoms with van der Waals surface area (Å²) in [5.41, 5.74) is 0. The van der Waals surface area contributed by atoms with E-state index in [1.807, 2.05) is 30.3 Å². The number of carbonyl (C=O) groups is 1. The van der Waals surface area contributed by atoms with E-state index >= 15 is 0 Å². The fourth-order valence-corrected chi connectivity index (χ4v) is 4.53. The van der Waals surface area contributed by atoms with E-state index in [2.05, 4.69) is 4.72 Å². The maximum atomic E-state index is 12.7. The predicted octanol–water partition coefficient (Wildman–Crippen LogP) is 2.60. The van der Waals surface area contributed by atoms with Crippen LogP contribution in [0.15, 0.2) is 47.4 Å². The van der Waals surface area contributed by atoms with Gasteiger partial charge >= 0.3 is 6.09 Å². The van der Waals surface area contributed by atoms with Gasteiger partial charge in [-0.1, -0.05) is 36.4 Å². The molecule has 0 atom stereocenters. The lowest BCUT2D eigenvalue weighted by Crippen LogP contribution is -2.41. The zero-order valence-electron chi connectivity index (χ0n) is 14.1. The number of methoxy groups -OCH3 is 1. The van der Waals surface area contributed by atoms with Crippen molar-refractivity contribution in [3.8, 4) is 0 Å². The van der Waals surface area contributed by atoms with Gasteiger partial charge in [-0.05, 0) is 30.2 Å². The highest BCUT2D eigenvalue weighted by Crippen LogP contribution is 2.23. The smallest absolute Gasteiger partial charge is 0.409 e. The number of amides is 1. The summed E-state index contributed by atoms with van der Waals surface area (Å²) in [6.07, 6.45) is 1.19. The number of benzene rings is 2. The number of hydrogen-bond donors (Lipinski definition) is 1. The normalized spacial score (nSPS) is 16.1. The molecule has 0 spiro atoms. The average molecular weight is 362 g/mol. The molecule has 3 rings (SSSR count). The molecule has 1 amide bonds. The van der Waals surface area contributed by atoms with E-state index in [1.54, 1.807) is 17.0 Å². The second kappa shape index (κ2) is 7.41. The van der Waals surface area contributed by atoms with Gasteiger partial charge in [0.05, 0.1) is 12.0 Å². The highest BCUT2D eigenvalue weighted by atomic mass is 32.2. The van der Waals surface area contributed by atoms with E-state index in [4.69, 9.17) is 4.74 Å². The van der Waals surface area contributed by atoms with Crippen molar-refractivity contribution in [1.82, 2.24) is 9.62 Å². The highest BCUT2D eigenvalue weighted by Gasteiger charge is 2.25. The van der Waals surface area contributed by atoms with Crippen LogP contribution in [0.25, 0.3) is 10.8 Å². The van der Waals surface area contributed by atoms with Crippen LogP contribution in [0.4, 0.5) is 4.79 Å². The molecule has 0 aliphatic carbocycles. The Morgan fingerprint density at radius 1 is 1.16 bits per heavy atom. The third-order valence-corrected chi connectivity index (χ3v) is 6.13. The summed E-state index contributed by atoms with van der Waals surface area (Å²) in [6.45, 7) is 1.56. The molecule has 6 nitrogen and oxygen atoms in total. The van der Waals surface area contributed by atoms with Crippen LogP contribution in [0.1, 0.15) is 12.8 Å². The molecule has 0 radical (unpaired) electrons. The lowest BCUT2D eigenvalue weighted by molar-refractivity contribution is 0.106. The molecule has 0 bridgehead atoms. The van der Waals surface area contributed by atoms with Crippen molar-refractivity contribution in [3.63, 3.8) is 0 Å². The Bertz CT molecular complexity index is 853. The third-order valence-electron chi connectivity index (χ3n) is 4.65. The van der Waals surface area contributed by atoms with E-state index in [0.717, 1.165) is 23.6 Å². The molecule has 2 aromatic rings. The van der Waals surface area contributed by atoms with Gasteiger partial charge in [-0.3, -0.25) is 0 Å². The van der Waals surface area contributed by atoms with Crippen molar-refractivity contribution in [3.05, 3.63) is 42.5 Å². The largest absolute Gasteiger partial charge is 0.453 e. The zero-order valence-corrected chi connectivity index (χ0v) is 15.0. The van der Waals surface area contributed by atoms with E-state index in [1.165, 1.54) is 7.11 Å². The molecular formula is C18H22N2O4S. The minimum atomic E-state index is -3.58. The average Bonchev–Trinajstić information content (AvgIpc) is 2.65. The summed E-state index contributed by atoms with van der Waals surface area (Å²) in [7, 11) is -2.21. The molecule has 0 saturated carbocycles. The third kappa shape index (κ3) is 3.93. The first-order valence-corrected chi connectivity index (χ1v) is 9.80. The quantitative estimate of drug-likeness (QED) is 0.907. The van der Waals surface area contributed by atoms with Gasteiger partial charge in [0.15, 0.2) is 0 Å². The van der Waals surface area contributed by atoms with E-state index < -0.39 is 10.0 Å². The summed E-state index contributed by atoms with van der Waals surface area (Å²) in [6, 6.07) is 12.7. The van der Waals surface area contributed by atoms with Crippen molar-refractivity contribution >= 4 is 26.9 Å². The molecule has 1 heterocycles. The molecule has 1 aliphatic heterocycles. The molecule has 0 unspecified atom stereocenters. The van der Waals surface area contributed by atoms with Gasteiger partial charge in [0.1, 0.15) is 0 Å². The number of fused-ring (bicyclic) bond motifs is 1. The second-order valence-electron chi connectivity index (χ2n) is 6.23. The fourth-order valence-electron chi connectivity index (χ4n) is 3.18. The topological polar surface area (TPSA) is 75.7 Å². The van der Waals surface area contributed by atoms with Crippen LogP contribution in [-0.4, -0.2) is 46.2 Å². The molecule has 1 N–H and O–H groups in total. The molecule has 25 heavy (non-hydrogen) atoms. The standard InChI is InChI=1S/C18H22N2O4S/c1-24-18(21)20-11-9-14(10-12-20)13-19-25(22,23)17-8-4-6-15-5-2-3-7-16(15)17/h2-8,14,19H,9-13H2,1H3. The van der Waals surface area contributed by atoms with Gasteiger partial charge in [-0.2, -0.15) is 0 Å². The Hall–Kier alpha value is -2.12. The number of carbonyl (C=O) groups excluding carboxylic acids is 1. The van der Waals surface area contributed by atoms with Crippen LogP contribution in [0.5, 0.6) is 0 Å². The number of sulfonamides is 1. The van der Waals surface area contributed by atoms with Gasteiger partial charge in [-0.15, -0.1) is 0 Å². The van der Waals surface area contributed by atoms with Crippen LogP contribution >= 0.6 is 0 Å². The molecule has 7 heteroatoms. The van der Waals surface area contributed by atoms with Gasteiger partial charge in [0.25, 0.3) is 0 Å². The molecule has 134 valence electrons. The van der Waals surface area contributed by atoms with E-state index in [0.29, 0.717) is 24.5 Å². The molecule has 1 saturated heterocycles. The summed E-state index contributed by atoms with van der Waals surface area (Å²) in [5, 5.41) is 1.62. The van der Waals surface area contributed by atoms with Crippen LogP contribution in [0.3, 0.4) is 0 Å². The van der Waals surface area contributed by atoms with Crippen LogP contribution in [-0.2, 0) is 14.8 Å². The van der Waals surface area contributed by atoms with Gasteiger partial charge in [0.2, 0.25) is 10.0 Å². The van der Waals surface area contributed by atoms with Gasteiger partial charge < -0.3 is 9.64 Å². The Kier molecular flexibility index (Phi) is 5.24. The Morgan fingerprint density at radius 2 is 1.84 bits per heavy atom. The predicted molar refractivity (Wildman–Crippen MR) is 95.8 cm³/mol. The molecule has 0 aromatic heterocycles. The minimum absolute atomic E-state index is 0.214. The van der Waals surface area contributed by atoms with Crippen molar-refractivity contribution in [2.75, 3.05) is 26.7 Å². The summed E-state index contributed by atoms with van der Waals surface area (Å²) < 4.78 is 32.9. The first kappa shape index (κ1) is 17.7. The first-order valence-electron chi connectivity index (χ1n) is 8.31. The number of hydrogen-bond acceptors (Lipinski definition) is 4. The highest BCUT2D eigenvalue weighted by molar-refractivity contribution is 7.89. The maximum absolute atomic E-state index is 12.7. The zero-order chi connectivity index (χ0) is 17.9. The molecule has 1 fully saturated rings. The number of rotatable bonds is 4. The lowest BCUT2D eigenvalue weighted by Gasteiger charge is -2.30. The van der Waals surface area contributed by atoms with Crippen LogP contribution in [0.2, 0.25) is 0 Å². The van der Waals surface area contributed by atoms with Crippen molar-refractivity contribution < 1.29 is 17.9 Å². The number of ether oxygens (including phenoxy) is 1. The molecular weight excluding hydrogens is 340 g/mol. The van der Waals surface area contributed by atoms with E-state index in [-0.39, 0.29) is 12.0 Å². The Labute approximate surface area is 147 Å². The number of likely N-dealkylation sites (tertiary alicyclic amines) is 1. The molecule has 2 aromatic carbocycles. The number of nitrogens with one attached hydrogen (secondary N) is 1. The van der Waals surface area contributed by atoms with Crippen LogP contribution in [0, 0.1) is 5.92 Å². The summed E-state index contributed by atoms with van der Waals surface area (Å²) in [4.78, 5) is 13.4. The maximum Gasteiger partial charge on any atom is 0.409 e. The molecule has 1 aliphatic rings. The fraction of sp³-hybridized carbons (Fsp3) is 0.389. The van der Waals surface area contributed by atoms with Crippen molar-refractivity contribution in [1.29, 1.82) is 0 Å². The Balaban J connectivity index is 1.66. The SMILES string of the molecule is COC(=O)N1CCC(CNS(=O)(=O)c2cccc3ccccc23)CC1. The van der Waals surface area contributed by atoms with Gasteiger partial charge in [0, 0.05) is 25.0 Å². The second-order valence-corrected chi connectivity index (χ2v) is 7.97. The monoisotopic (exact) mass is 362 g/mol. The summed E-state index contributed by atoms with van der Waals surface area (Å²) >= 11 is 0. The van der Waals surface area contributed by atoms with Gasteiger partial charge in [-0.25, -0.2) is 17.9 Å². The number of piperidine rings is 1.